The summed E-state index contributed by atoms with van der Waals surface area (Å²) in [4.78, 5) is 25.2. The zero-order valence-corrected chi connectivity index (χ0v) is 14.4. The molecule has 0 aromatic heterocycles. The second-order valence-corrected chi connectivity index (χ2v) is 6.34. The number of benzene rings is 1. The number of quaternary nitrogens is 1. The van der Waals surface area contributed by atoms with Gasteiger partial charge in [-0.15, -0.1) is 0 Å². The highest BCUT2D eigenvalue weighted by Gasteiger charge is 2.30. The van der Waals surface area contributed by atoms with Crippen LogP contribution in [0.25, 0.3) is 0 Å². The van der Waals surface area contributed by atoms with E-state index in [9.17, 15) is 9.59 Å². The molecule has 2 N–H and O–H groups in total. The van der Waals surface area contributed by atoms with Gasteiger partial charge in [-0.2, -0.15) is 0 Å². The van der Waals surface area contributed by atoms with E-state index in [1.54, 1.807) is 6.07 Å². The van der Waals surface area contributed by atoms with E-state index in [2.05, 4.69) is 5.32 Å². The van der Waals surface area contributed by atoms with Crippen LogP contribution >= 0.6 is 11.6 Å². The molecule has 2 atom stereocenters. The molecule has 1 saturated heterocycles. The molecule has 1 amide bonds. The average molecular weight is 340 g/mol. The molecular weight excluding hydrogens is 316 g/mol. The van der Waals surface area contributed by atoms with Gasteiger partial charge in [0.25, 0.3) is 5.91 Å². The van der Waals surface area contributed by atoms with Crippen LogP contribution in [-0.4, -0.2) is 38.1 Å². The average Bonchev–Trinajstić information content (AvgIpc) is 2.52. The lowest BCUT2D eigenvalue weighted by Crippen LogP contribution is -3.14. The van der Waals surface area contributed by atoms with Crippen molar-refractivity contribution >= 4 is 29.2 Å². The van der Waals surface area contributed by atoms with Gasteiger partial charge < -0.3 is 15.0 Å². The Morgan fingerprint density at radius 3 is 2.96 bits per heavy atom. The van der Waals surface area contributed by atoms with Crippen LogP contribution < -0.4 is 10.2 Å². The number of ether oxygens (including phenoxy) is 1. The Bertz CT molecular complexity index is 577. The van der Waals surface area contributed by atoms with Gasteiger partial charge in [-0.3, -0.25) is 9.59 Å². The van der Waals surface area contributed by atoms with Gasteiger partial charge in [-0.25, -0.2) is 0 Å². The van der Waals surface area contributed by atoms with Crippen molar-refractivity contribution in [1.82, 2.24) is 0 Å². The number of hydrogen-bond acceptors (Lipinski definition) is 3. The van der Waals surface area contributed by atoms with Gasteiger partial charge in [0.05, 0.1) is 19.7 Å². The highest BCUT2D eigenvalue weighted by molar-refractivity contribution is 6.31. The van der Waals surface area contributed by atoms with Crippen LogP contribution in [0.4, 0.5) is 5.69 Å². The number of anilines is 1. The molecule has 1 aromatic rings. The summed E-state index contributed by atoms with van der Waals surface area (Å²) in [7, 11) is 0. The van der Waals surface area contributed by atoms with E-state index in [1.165, 1.54) is 0 Å². The molecule has 1 heterocycles. The van der Waals surface area contributed by atoms with Crippen LogP contribution in [0, 0.1) is 12.8 Å². The molecule has 1 fully saturated rings. The van der Waals surface area contributed by atoms with E-state index < -0.39 is 0 Å². The van der Waals surface area contributed by atoms with E-state index in [0.717, 1.165) is 35.5 Å². The first-order chi connectivity index (χ1) is 11.0. The fourth-order valence-corrected chi connectivity index (χ4v) is 3.11. The largest absolute Gasteiger partial charge is 0.466 e. The lowest BCUT2D eigenvalue weighted by Gasteiger charge is -2.28. The van der Waals surface area contributed by atoms with Crippen LogP contribution in [0.5, 0.6) is 0 Å². The zero-order valence-electron chi connectivity index (χ0n) is 13.7. The Kier molecular flexibility index (Phi) is 6.42. The molecule has 1 aliphatic rings. The van der Waals surface area contributed by atoms with E-state index in [1.807, 2.05) is 26.0 Å². The van der Waals surface area contributed by atoms with Crippen LogP contribution in [0.1, 0.15) is 25.3 Å². The first-order valence-electron chi connectivity index (χ1n) is 8.06. The van der Waals surface area contributed by atoms with Gasteiger partial charge in [0.2, 0.25) is 0 Å². The molecule has 1 unspecified atom stereocenters. The zero-order chi connectivity index (χ0) is 16.8. The predicted octanol–water partition coefficient (Wildman–Crippen LogP) is 1.44. The van der Waals surface area contributed by atoms with Gasteiger partial charge in [-0.1, -0.05) is 17.7 Å². The summed E-state index contributed by atoms with van der Waals surface area (Å²) in [6, 6.07) is 5.45. The fourth-order valence-electron chi connectivity index (χ4n) is 2.94. The quantitative estimate of drug-likeness (QED) is 0.798. The number of carbonyl (C=O) groups excluding carboxylic acids is 2. The van der Waals surface area contributed by atoms with Gasteiger partial charge in [0, 0.05) is 10.7 Å². The third kappa shape index (κ3) is 4.94. The second kappa shape index (κ2) is 8.31. The smallest absolute Gasteiger partial charge is 0.314 e. The topological polar surface area (TPSA) is 59.8 Å². The summed E-state index contributed by atoms with van der Waals surface area (Å²) < 4.78 is 5.09. The number of esters is 1. The first-order valence-corrected chi connectivity index (χ1v) is 8.44. The van der Waals surface area contributed by atoms with Crippen molar-refractivity contribution < 1.29 is 19.2 Å². The molecule has 0 spiro atoms. The number of likely N-dealkylation sites (tertiary alicyclic amines) is 1. The molecule has 6 heteroatoms. The molecule has 2 rings (SSSR count). The summed E-state index contributed by atoms with van der Waals surface area (Å²) in [5.41, 5.74) is 1.60. The van der Waals surface area contributed by atoms with E-state index in [-0.39, 0.29) is 17.8 Å². The standard InChI is InChI=1S/C17H23ClN2O3/c1-3-23-17(22)13-6-5-9-20(10-13)11-16(21)19-15-8-4-7-14(18)12(15)2/h4,7-8,13H,3,5-6,9-11H2,1-2H3,(H,19,21)/p+1/t13-/m0/s1. The van der Waals surface area contributed by atoms with Crippen molar-refractivity contribution in [3.63, 3.8) is 0 Å². The number of piperidine rings is 1. The van der Waals surface area contributed by atoms with Crippen LogP contribution in [0.3, 0.4) is 0 Å². The van der Waals surface area contributed by atoms with Gasteiger partial charge in [0.15, 0.2) is 6.54 Å². The monoisotopic (exact) mass is 339 g/mol. The van der Waals surface area contributed by atoms with Crippen LogP contribution in [-0.2, 0) is 14.3 Å². The van der Waals surface area contributed by atoms with Crippen molar-refractivity contribution in [2.75, 3.05) is 31.6 Å². The minimum absolute atomic E-state index is 0.0603. The molecule has 0 aliphatic carbocycles. The van der Waals surface area contributed by atoms with E-state index in [0.29, 0.717) is 24.7 Å². The van der Waals surface area contributed by atoms with Gasteiger partial charge >= 0.3 is 5.97 Å². The summed E-state index contributed by atoms with van der Waals surface area (Å²) in [6.45, 7) is 5.99. The molecule has 0 saturated carbocycles. The first kappa shape index (κ1) is 17.8. The summed E-state index contributed by atoms with van der Waals surface area (Å²) in [5.74, 6) is -0.301. The molecule has 5 nitrogen and oxygen atoms in total. The number of halogens is 1. The van der Waals surface area contributed by atoms with Crippen LogP contribution in [0.15, 0.2) is 18.2 Å². The lowest BCUT2D eigenvalue weighted by atomic mass is 9.98. The molecule has 1 aliphatic heterocycles. The highest BCUT2D eigenvalue weighted by atomic mass is 35.5. The predicted molar refractivity (Wildman–Crippen MR) is 89.7 cm³/mol. The molecular formula is C17H24ClN2O3+. The third-order valence-electron chi connectivity index (χ3n) is 4.19. The fraction of sp³-hybridized carbons (Fsp3) is 0.529. The molecule has 0 radical (unpaired) electrons. The molecule has 23 heavy (non-hydrogen) atoms. The second-order valence-electron chi connectivity index (χ2n) is 5.93. The van der Waals surface area contributed by atoms with Gasteiger partial charge in [0.1, 0.15) is 5.92 Å². The van der Waals surface area contributed by atoms with Crippen molar-refractivity contribution in [2.24, 2.45) is 5.92 Å². The Morgan fingerprint density at radius 1 is 1.43 bits per heavy atom. The number of rotatable bonds is 5. The number of hydrogen-bond donors (Lipinski definition) is 2. The maximum atomic E-state index is 12.3. The van der Waals surface area contributed by atoms with E-state index >= 15 is 0 Å². The number of carbonyl (C=O) groups is 2. The number of nitrogens with one attached hydrogen (secondary N) is 2. The Hall–Kier alpha value is -1.59. The van der Waals surface area contributed by atoms with Crippen molar-refractivity contribution in [1.29, 1.82) is 0 Å². The Labute approximate surface area is 141 Å². The minimum atomic E-state index is -0.143. The summed E-state index contributed by atoms with van der Waals surface area (Å²) >= 11 is 6.06. The molecule has 1 aromatic carbocycles. The van der Waals surface area contributed by atoms with Crippen molar-refractivity contribution in [2.45, 2.75) is 26.7 Å². The number of amides is 1. The van der Waals surface area contributed by atoms with Crippen molar-refractivity contribution in [3.8, 4) is 0 Å². The Morgan fingerprint density at radius 2 is 2.22 bits per heavy atom. The summed E-state index contributed by atoms with van der Waals surface area (Å²) in [5, 5.41) is 3.54. The highest BCUT2D eigenvalue weighted by Crippen LogP contribution is 2.22. The summed E-state index contributed by atoms with van der Waals surface area (Å²) in [6.07, 6.45) is 1.78. The lowest BCUT2D eigenvalue weighted by molar-refractivity contribution is -0.899. The van der Waals surface area contributed by atoms with Crippen LogP contribution in [0.2, 0.25) is 5.02 Å². The SMILES string of the molecule is CCOC(=O)[C@H]1CCC[NH+](CC(=O)Nc2cccc(Cl)c2C)C1. The Balaban J connectivity index is 1.89. The maximum absolute atomic E-state index is 12.3. The normalized spacial score (nSPS) is 20.8. The third-order valence-corrected chi connectivity index (χ3v) is 4.60. The molecule has 126 valence electrons. The molecule has 0 bridgehead atoms. The minimum Gasteiger partial charge on any atom is -0.466 e. The van der Waals surface area contributed by atoms with Crippen molar-refractivity contribution in [3.05, 3.63) is 28.8 Å². The van der Waals surface area contributed by atoms with Gasteiger partial charge in [-0.05, 0) is 44.4 Å². The van der Waals surface area contributed by atoms with E-state index in [4.69, 9.17) is 16.3 Å². The maximum Gasteiger partial charge on any atom is 0.314 e.